The van der Waals surface area contributed by atoms with Crippen LogP contribution >= 0.6 is 0 Å². The van der Waals surface area contributed by atoms with Crippen molar-refractivity contribution in [2.75, 3.05) is 11.3 Å². The maximum atomic E-state index is 13.9. The summed E-state index contributed by atoms with van der Waals surface area (Å²) >= 11 is 0. The van der Waals surface area contributed by atoms with E-state index in [-0.39, 0.29) is 23.7 Å². The highest BCUT2D eigenvalue weighted by Gasteiger charge is 2.29. The second kappa shape index (κ2) is 8.23. The molecule has 0 atom stereocenters. The van der Waals surface area contributed by atoms with Crippen LogP contribution in [0.15, 0.2) is 70.5 Å². The summed E-state index contributed by atoms with van der Waals surface area (Å²) in [6, 6.07) is 11.2. The average Bonchev–Trinajstić information content (AvgIpc) is 2.75. The standard InChI is InChI=1S/C21H17F3N2O4S2/c22-16-2-6-19(7-3-16)32(29,30)26-10-9-14-1-5-18(11-15(14)13-26)25-31(27,28)21-12-17(23)4-8-20(21)24/h1-8,11-12,25H,9-10,13H2. The maximum absolute atomic E-state index is 13.9. The third kappa shape index (κ3) is 4.36. The molecule has 32 heavy (non-hydrogen) atoms. The Hall–Kier alpha value is -2.89. The second-order valence-electron chi connectivity index (χ2n) is 7.21. The molecule has 168 valence electrons. The maximum Gasteiger partial charge on any atom is 0.264 e. The number of benzene rings is 3. The Labute approximate surface area is 183 Å². The van der Waals surface area contributed by atoms with E-state index >= 15 is 0 Å². The summed E-state index contributed by atoms with van der Waals surface area (Å²) in [4.78, 5) is -0.892. The van der Waals surface area contributed by atoms with Gasteiger partial charge in [-0.15, -0.1) is 0 Å². The van der Waals surface area contributed by atoms with E-state index in [1.807, 2.05) is 0 Å². The summed E-state index contributed by atoms with van der Waals surface area (Å²) in [5.74, 6) is -2.56. The number of anilines is 1. The molecule has 11 heteroatoms. The lowest BCUT2D eigenvalue weighted by Crippen LogP contribution is -2.36. The topological polar surface area (TPSA) is 83.6 Å². The zero-order chi connectivity index (χ0) is 23.1. The summed E-state index contributed by atoms with van der Waals surface area (Å²) in [6.45, 7) is 0.172. The van der Waals surface area contributed by atoms with Gasteiger partial charge in [-0.25, -0.2) is 30.0 Å². The first kappa shape index (κ1) is 22.3. The molecule has 3 aromatic carbocycles. The van der Waals surface area contributed by atoms with Crippen LogP contribution in [0, 0.1) is 17.5 Å². The van der Waals surface area contributed by atoms with Crippen molar-refractivity contribution in [1.29, 1.82) is 0 Å². The molecule has 3 aromatic rings. The Balaban J connectivity index is 1.60. The van der Waals surface area contributed by atoms with Crippen molar-refractivity contribution in [3.05, 3.63) is 89.2 Å². The van der Waals surface area contributed by atoms with Gasteiger partial charge in [-0.05, 0) is 72.1 Å². The van der Waals surface area contributed by atoms with E-state index in [1.165, 1.54) is 28.6 Å². The molecule has 1 aliphatic rings. The minimum atomic E-state index is -4.41. The van der Waals surface area contributed by atoms with Crippen molar-refractivity contribution in [3.8, 4) is 0 Å². The van der Waals surface area contributed by atoms with Gasteiger partial charge in [0.25, 0.3) is 10.0 Å². The summed E-state index contributed by atoms with van der Waals surface area (Å²) < 4.78 is 94.7. The fraction of sp³-hybridized carbons (Fsp3) is 0.143. The van der Waals surface area contributed by atoms with Crippen molar-refractivity contribution >= 4 is 25.7 Å². The molecular formula is C21H17F3N2O4S2. The van der Waals surface area contributed by atoms with Gasteiger partial charge in [-0.1, -0.05) is 6.07 Å². The van der Waals surface area contributed by atoms with Gasteiger partial charge in [0.2, 0.25) is 10.0 Å². The molecule has 1 heterocycles. The highest BCUT2D eigenvalue weighted by molar-refractivity contribution is 7.92. The van der Waals surface area contributed by atoms with Crippen LogP contribution in [0.4, 0.5) is 18.9 Å². The van der Waals surface area contributed by atoms with E-state index in [0.29, 0.717) is 18.1 Å². The van der Waals surface area contributed by atoms with Crippen LogP contribution in [0.25, 0.3) is 0 Å². The molecule has 0 amide bonds. The molecule has 1 N–H and O–H groups in total. The number of halogens is 3. The summed E-state index contributed by atoms with van der Waals surface area (Å²) in [5.41, 5.74) is 1.46. The van der Waals surface area contributed by atoms with Gasteiger partial charge in [0, 0.05) is 18.8 Å². The predicted molar refractivity (Wildman–Crippen MR) is 111 cm³/mol. The molecule has 0 spiro atoms. The summed E-state index contributed by atoms with van der Waals surface area (Å²) in [7, 11) is -8.30. The molecule has 6 nitrogen and oxygen atoms in total. The van der Waals surface area contributed by atoms with Crippen molar-refractivity contribution in [1.82, 2.24) is 4.31 Å². The molecule has 0 bridgehead atoms. The Morgan fingerprint density at radius 2 is 1.47 bits per heavy atom. The zero-order valence-corrected chi connectivity index (χ0v) is 18.1. The first-order valence-corrected chi connectivity index (χ1v) is 12.3. The number of rotatable bonds is 5. The largest absolute Gasteiger partial charge is 0.280 e. The minimum absolute atomic E-state index is 0.0288. The van der Waals surface area contributed by atoms with Gasteiger partial charge in [0.15, 0.2) is 0 Å². The molecule has 0 unspecified atom stereocenters. The molecular weight excluding hydrogens is 465 g/mol. The highest BCUT2D eigenvalue weighted by Crippen LogP contribution is 2.28. The molecule has 0 aromatic heterocycles. The number of fused-ring (bicyclic) bond motifs is 1. The van der Waals surface area contributed by atoms with E-state index in [9.17, 15) is 30.0 Å². The third-order valence-corrected chi connectivity index (χ3v) is 8.33. The first-order valence-electron chi connectivity index (χ1n) is 9.42. The highest BCUT2D eigenvalue weighted by atomic mass is 32.2. The molecule has 0 aliphatic carbocycles. The van der Waals surface area contributed by atoms with E-state index < -0.39 is 42.4 Å². The monoisotopic (exact) mass is 482 g/mol. The van der Waals surface area contributed by atoms with Crippen molar-refractivity contribution in [2.24, 2.45) is 0 Å². The van der Waals surface area contributed by atoms with E-state index in [4.69, 9.17) is 0 Å². The van der Waals surface area contributed by atoms with Gasteiger partial charge in [0.05, 0.1) is 4.90 Å². The Kier molecular flexibility index (Phi) is 5.74. The minimum Gasteiger partial charge on any atom is -0.280 e. The van der Waals surface area contributed by atoms with Crippen LogP contribution in [-0.2, 0) is 33.0 Å². The summed E-state index contributed by atoms with van der Waals surface area (Å²) in [5, 5.41) is 0. The molecule has 0 fully saturated rings. The number of nitrogens with one attached hydrogen (secondary N) is 1. The quantitative estimate of drug-likeness (QED) is 0.602. The predicted octanol–water partition coefficient (Wildman–Crippen LogP) is 3.65. The fourth-order valence-corrected chi connectivity index (χ4v) is 6.01. The molecule has 1 aliphatic heterocycles. The van der Waals surface area contributed by atoms with Crippen LogP contribution in [0.1, 0.15) is 11.1 Å². The van der Waals surface area contributed by atoms with E-state index in [1.54, 1.807) is 6.07 Å². The average molecular weight is 483 g/mol. The van der Waals surface area contributed by atoms with Crippen LogP contribution in [0.2, 0.25) is 0 Å². The van der Waals surface area contributed by atoms with Crippen molar-refractivity contribution in [3.63, 3.8) is 0 Å². The normalized spacial score (nSPS) is 14.7. The van der Waals surface area contributed by atoms with Crippen LogP contribution < -0.4 is 4.72 Å². The number of hydrogen-bond donors (Lipinski definition) is 1. The Morgan fingerprint density at radius 3 is 2.19 bits per heavy atom. The van der Waals surface area contributed by atoms with Gasteiger partial charge in [-0.3, -0.25) is 4.72 Å². The zero-order valence-electron chi connectivity index (χ0n) is 16.4. The lowest BCUT2D eigenvalue weighted by atomic mass is 10.0. The van der Waals surface area contributed by atoms with Crippen molar-refractivity contribution in [2.45, 2.75) is 22.8 Å². The van der Waals surface area contributed by atoms with Gasteiger partial charge in [-0.2, -0.15) is 4.31 Å². The molecule has 0 saturated heterocycles. The number of hydrogen-bond acceptors (Lipinski definition) is 4. The first-order chi connectivity index (χ1) is 15.1. The van der Waals surface area contributed by atoms with Gasteiger partial charge < -0.3 is 0 Å². The van der Waals surface area contributed by atoms with E-state index in [2.05, 4.69) is 4.72 Å². The number of sulfonamides is 2. The smallest absolute Gasteiger partial charge is 0.264 e. The van der Waals surface area contributed by atoms with Gasteiger partial charge in [0.1, 0.15) is 22.3 Å². The van der Waals surface area contributed by atoms with E-state index in [0.717, 1.165) is 29.8 Å². The third-order valence-electron chi connectivity index (χ3n) is 5.07. The Morgan fingerprint density at radius 1 is 0.781 bits per heavy atom. The second-order valence-corrected chi connectivity index (χ2v) is 10.8. The fourth-order valence-electron chi connectivity index (χ4n) is 3.45. The Bertz CT molecular complexity index is 1390. The van der Waals surface area contributed by atoms with Crippen LogP contribution in [-0.4, -0.2) is 27.7 Å². The summed E-state index contributed by atoms with van der Waals surface area (Å²) in [6.07, 6.45) is 0.390. The lowest BCUT2D eigenvalue weighted by Gasteiger charge is -2.28. The molecule has 0 radical (unpaired) electrons. The van der Waals surface area contributed by atoms with Crippen molar-refractivity contribution < 1.29 is 30.0 Å². The molecule has 4 rings (SSSR count). The van der Waals surface area contributed by atoms with Gasteiger partial charge >= 0.3 is 0 Å². The SMILES string of the molecule is O=S(=O)(Nc1ccc2c(c1)CN(S(=O)(=O)c1ccc(F)cc1)CC2)c1cc(F)ccc1F. The van der Waals surface area contributed by atoms with Crippen LogP contribution in [0.3, 0.4) is 0 Å². The molecule has 0 saturated carbocycles. The van der Waals surface area contributed by atoms with Crippen LogP contribution in [0.5, 0.6) is 0 Å². The lowest BCUT2D eigenvalue weighted by molar-refractivity contribution is 0.391. The number of nitrogens with zero attached hydrogens (tertiary/aromatic N) is 1.